The molecule has 0 N–H and O–H groups in total. The molecule has 0 fully saturated rings. The molecule has 3 nitrogen and oxygen atoms in total. The number of carbonyl (C=O) groups is 2. The van der Waals surface area contributed by atoms with Crippen molar-refractivity contribution in [3.05, 3.63) is 73.3 Å². The number of aldehydes is 1. The Labute approximate surface area is 207 Å². The molecule has 0 unspecified atom stereocenters. The number of hydrogen-bond donors (Lipinski definition) is 0. The highest BCUT2D eigenvalue weighted by molar-refractivity contribution is 6.99. The van der Waals surface area contributed by atoms with Crippen molar-refractivity contribution in [2.24, 2.45) is 17.3 Å². The van der Waals surface area contributed by atoms with E-state index in [1.807, 2.05) is 19.9 Å². The zero-order valence-corrected chi connectivity index (χ0v) is 22.8. The Morgan fingerprint density at radius 3 is 1.88 bits per heavy atom. The molecule has 0 aliphatic heterocycles. The summed E-state index contributed by atoms with van der Waals surface area (Å²) in [5.41, 5.74) is -0.613. The summed E-state index contributed by atoms with van der Waals surface area (Å²) in [6.07, 6.45) is 4.28. The Bertz CT molecular complexity index is 889. The van der Waals surface area contributed by atoms with E-state index in [2.05, 4.69) is 94.9 Å². The van der Waals surface area contributed by atoms with Crippen LogP contribution in [0.5, 0.6) is 0 Å². The fraction of sp³-hybridized carbons (Fsp3) is 0.467. The van der Waals surface area contributed by atoms with Gasteiger partial charge in [0, 0.05) is 24.9 Å². The van der Waals surface area contributed by atoms with Gasteiger partial charge in [0.25, 0.3) is 8.32 Å². The number of carbonyl (C=O) groups excluding carboxylic acids is 2. The van der Waals surface area contributed by atoms with Crippen LogP contribution < -0.4 is 10.4 Å². The summed E-state index contributed by atoms with van der Waals surface area (Å²) in [6, 6.07) is 21.3. The number of Topliss-reactive ketones (excluding diaryl/α,β-unsaturated/α-hetero) is 1. The number of rotatable bonds is 13. The van der Waals surface area contributed by atoms with E-state index < -0.39 is 13.7 Å². The lowest BCUT2D eigenvalue weighted by Crippen LogP contribution is -2.66. The predicted molar refractivity (Wildman–Crippen MR) is 145 cm³/mol. The smallest absolute Gasteiger partial charge is 0.261 e. The largest absolute Gasteiger partial charge is 0.407 e. The summed E-state index contributed by atoms with van der Waals surface area (Å²) >= 11 is 0. The fourth-order valence-corrected chi connectivity index (χ4v) is 9.35. The topological polar surface area (TPSA) is 43.4 Å². The maximum absolute atomic E-state index is 12.6. The maximum Gasteiger partial charge on any atom is 0.261 e. The molecule has 0 aromatic heterocycles. The molecular formula is C30H42O3Si. The minimum Gasteiger partial charge on any atom is -0.407 e. The van der Waals surface area contributed by atoms with E-state index in [1.54, 1.807) is 0 Å². The summed E-state index contributed by atoms with van der Waals surface area (Å²) in [6.45, 7) is 17.2. The second kappa shape index (κ2) is 11.9. The highest BCUT2D eigenvalue weighted by atomic mass is 28.4. The molecule has 0 aliphatic rings. The number of ketones is 1. The first-order valence-electron chi connectivity index (χ1n) is 12.3. The van der Waals surface area contributed by atoms with Crippen LogP contribution in [0.2, 0.25) is 5.04 Å². The van der Waals surface area contributed by atoms with Crippen molar-refractivity contribution in [2.45, 2.75) is 65.8 Å². The van der Waals surface area contributed by atoms with Crippen LogP contribution >= 0.6 is 0 Å². The first-order valence-corrected chi connectivity index (χ1v) is 14.2. The second-order valence-corrected chi connectivity index (χ2v) is 15.5. The molecular weight excluding hydrogens is 436 g/mol. The molecule has 0 bridgehead atoms. The lowest BCUT2D eigenvalue weighted by Gasteiger charge is -2.43. The van der Waals surface area contributed by atoms with Crippen molar-refractivity contribution in [1.82, 2.24) is 0 Å². The van der Waals surface area contributed by atoms with E-state index in [9.17, 15) is 9.59 Å². The van der Waals surface area contributed by atoms with Crippen LogP contribution in [0, 0.1) is 17.3 Å². The van der Waals surface area contributed by atoms with Crippen molar-refractivity contribution in [1.29, 1.82) is 0 Å². The molecule has 2 atom stereocenters. The summed E-state index contributed by atoms with van der Waals surface area (Å²) < 4.78 is 7.01. The van der Waals surface area contributed by atoms with Crippen LogP contribution in [-0.2, 0) is 14.0 Å². The Hall–Kier alpha value is -2.30. The Morgan fingerprint density at radius 2 is 1.47 bits per heavy atom. The van der Waals surface area contributed by atoms with Gasteiger partial charge in [-0.05, 0) is 33.7 Å². The third-order valence-electron chi connectivity index (χ3n) is 6.78. The van der Waals surface area contributed by atoms with Crippen molar-refractivity contribution in [3.8, 4) is 0 Å². The Kier molecular flexibility index (Phi) is 9.78. The van der Waals surface area contributed by atoms with Gasteiger partial charge in [0.15, 0.2) is 0 Å². The van der Waals surface area contributed by atoms with Crippen molar-refractivity contribution >= 4 is 30.8 Å². The van der Waals surface area contributed by atoms with Crippen molar-refractivity contribution < 1.29 is 14.0 Å². The van der Waals surface area contributed by atoms with E-state index in [1.165, 1.54) is 10.4 Å². The number of hydrogen-bond acceptors (Lipinski definition) is 3. The monoisotopic (exact) mass is 478 g/mol. The molecule has 2 aromatic carbocycles. The normalized spacial score (nSPS) is 14.3. The summed E-state index contributed by atoms with van der Waals surface area (Å²) in [5, 5.41) is 2.48. The fourth-order valence-electron chi connectivity index (χ4n) is 4.78. The van der Waals surface area contributed by atoms with Crippen molar-refractivity contribution in [3.63, 3.8) is 0 Å². The Morgan fingerprint density at radius 1 is 0.971 bits per heavy atom. The zero-order chi connectivity index (χ0) is 25.4. The minimum atomic E-state index is -2.56. The quantitative estimate of drug-likeness (QED) is 0.202. The van der Waals surface area contributed by atoms with Crippen LogP contribution in [0.1, 0.15) is 60.8 Å². The lowest BCUT2D eigenvalue weighted by atomic mass is 9.82. The maximum atomic E-state index is 12.6. The molecule has 184 valence electrons. The molecule has 4 heteroatoms. The highest BCUT2D eigenvalue weighted by Gasteiger charge is 2.50. The highest BCUT2D eigenvalue weighted by Crippen LogP contribution is 2.37. The van der Waals surface area contributed by atoms with Gasteiger partial charge < -0.3 is 9.22 Å². The van der Waals surface area contributed by atoms with Gasteiger partial charge in [0.2, 0.25) is 0 Å². The van der Waals surface area contributed by atoms with E-state index in [0.717, 1.165) is 12.7 Å². The Balaban J connectivity index is 2.22. The van der Waals surface area contributed by atoms with Gasteiger partial charge >= 0.3 is 0 Å². The average Bonchev–Trinajstić information content (AvgIpc) is 2.80. The van der Waals surface area contributed by atoms with E-state index in [0.29, 0.717) is 13.0 Å². The van der Waals surface area contributed by atoms with E-state index in [4.69, 9.17) is 4.43 Å². The van der Waals surface area contributed by atoms with Gasteiger partial charge in [-0.3, -0.25) is 4.79 Å². The molecule has 2 rings (SSSR count). The first-order chi connectivity index (χ1) is 16.0. The molecule has 34 heavy (non-hydrogen) atoms. The minimum absolute atomic E-state index is 0.0623. The average molecular weight is 479 g/mol. The van der Waals surface area contributed by atoms with Gasteiger partial charge in [-0.2, -0.15) is 0 Å². The standard InChI is InChI=1S/C30H42O3Si/c1-8-25(21-26(32)22-30(6,7)23-31)24(2)19-20-33-34(29(3,4)5,27-15-11-9-12-16-27)28-17-13-10-14-18-28/h8-18,23-25H,1,19-22H2,2-7H3/t24-,25+/m1/s1. The van der Waals surface area contributed by atoms with Crippen LogP contribution in [0.25, 0.3) is 0 Å². The molecule has 0 saturated heterocycles. The van der Waals surface area contributed by atoms with Gasteiger partial charge in [-0.15, -0.1) is 6.58 Å². The summed E-state index contributed by atoms with van der Waals surface area (Å²) in [5.74, 6) is 0.429. The van der Waals surface area contributed by atoms with E-state index in [-0.39, 0.29) is 29.1 Å². The van der Waals surface area contributed by atoms with Gasteiger partial charge in [0.05, 0.1) is 0 Å². The summed E-state index contributed by atoms with van der Waals surface area (Å²) in [7, 11) is -2.56. The zero-order valence-electron chi connectivity index (χ0n) is 21.8. The van der Waals surface area contributed by atoms with Gasteiger partial charge in [0.1, 0.15) is 12.1 Å². The number of benzene rings is 2. The second-order valence-electron chi connectivity index (χ2n) is 11.2. The molecule has 0 spiro atoms. The predicted octanol–water partition coefficient (Wildman–Crippen LogP) is 5.97. The van der Waals surface area contributed by atoms with Gasteiger partial charge in [-0.25, -0.2) is 0 Å². The molecule has 2 aromatic rings. The third-order valence-corrected chi connectivity index (χ3v) is 11.8. The molecule has 0 amide bonds. The molecule has 0 saturated carbocycles. The van der Waals surface area contributed by atoms with Crippen LogP contribution in [0.3, 0.4) is 0 Å². The lowest BCUT2D eigenvalue weighted by molar-refractivity contribution is -0.126. The van der Waals surface area contributed by atoms with Gasteiger partial charge in [-0.1, -0.05) is 108 Å². The van der Waals surface area contributed by atoms with Crippen LogP contribution in [0.15, 0.2) is 73.3 Å². The third kappa shape index (κ3) is 6.86. The van der Waals surface area contributed by atoms with Crippen LogP contribution in [0.4, 0.5) is 0 Å². The number of allylic oxidation sites excluding steroid dienone is 1. The first kappa shape index (κ1) is 27.9. The van der Waals surface area contributed by atoms with Crippen molar-refractivity contribution in [2.75, 3.05) is 6.61 Å². The van der Waals surface area contributed by atoms with E-state index >= 15 is 0 Å². The molecule has 0 radical (unpaired) electrons. The molecule has 0 aliphatic carbocycles. The molecule has 0 heterocycles. The SMILES string of the molecule is C=C[C@@H](CC(=O)CC(C)(C)C=O)[C@H](C)CCO[Si](c1ccccc1)(c1ccccc1)C(C)(C)C. The van der Waals surface area contributed by atoms with Crippen LogP contribution in [-0.4, -0.2) is 27.0 Å². The summed E-state index contributed by atoms with van der Waals surface area (Å²) in [4.78, 5) is 23.8.